The summed E-state index contributed by atoms with van der Waals surface area (Å²) in [6.45, 7) is 0. The zero-order valence-corrected chi connectivity index (χ0v) is 7.47. The molecular formula is C6H13NO3S. The van der Waals surface area contributed by atoms with Gasteiger partial charge in [0.2, 0.25) is 0 Å². The van der Waals surface area contributed by atoms with Crippen LogP contribution < -0.4 is 0 Å². The molecule has 0 saturated carbocycles. The first-order valence-corrected chi connectivity index (χ1v) is 4.62. The number of aliphatic carboxylic acids is 1. The standard InChI is InChI=1S/C6H13NO3S/c1-7(10)5(6(8)9)3-4-11-2/h5,10H,3-4H2,1-2H3,(H,8,9)/t5-/m0/s1. The highest BCUT2D eigenvalue weighted by Gasteiger charge is 2.20. The highest BCUT2D eigenvalue weighted by molar-refractivity contribution is 7.98. The molecule has 0 fully saturated rings. The molecule has 5 heteroatoms. The molecule has 0 aliphatic heterocycles. The van der Waals surface area contributed by atoms with Crippen molar-refractivity contribution in [3.63, 3.8) is 0 Å². The largest absolute Gasteiger partial charge is 0.480 e. The van der Waals surface area contributed by atoms with Crippen molar-refractivity contribution in [2.45, 2.75) is 12.5 Å². The molecule has 4 nitrogen and oxygen atoms in total. The Morgan fingerprint density at radius 2 is 2.27 bits per heavy atom. The quantitative estimate of drug-likeness (QED) is 0.602. The lowest BCUT2D eigenvalue weighted by Crippen LogP contribution is -2.36. The van der Waals surface area contributed by atoms with Gasteiger partial charge in [-0.25, -0.2) is 0 Å². The van der Waals surface area contributed by atoms with Crippen LogP contribution in [-0.2, 0) is 4.79 Å². The zero-order valence-electron chi connectivity index (χ0n) is 6.65. The van der Waals surface area contributed by atoms with Crippen LogP contribution in [-0.4, -0.2) is 46.4 Å². The molecule has 0 aromatic carbocycles. The van der Waals surface area contributed by atoms with Crippen LogP contribution in [0.15, 0.2) is 0 Å². The summed E-state index contributed by atoms with van der Waals surface area (Å²) < 4.78 is 0. The van der Waals surface area contributed by atoms with Crippen molar-refractivity contribution in [1.29, 1.82) is 0 Å². The second kappa shape index (κ2) is 5.40. The minimum absolute atomic E-state index is 0.462. The minimum Gasteiger partial charge on any atom is -0.480 e. The summed E-state index contributed by atoms with van der Waals surface area (Å²) in [5.41, 5.74) is 0. The van der Waals surface area contributed by atoms with E-state index in [9.17, 15) is 4.79 Å². The summed E-state index contributed by atoms with van der Waals surface area (Å²) in [4.78, 5) is 10.4. The molecule has 0 rings (SSSR count). The number of thioether (sulfide) groups is 1. The molecule has 0 aromatic rings. The zero-order chi connectivity index (χ0) is 8.85. The van der Waals surface area contributed by atoms with Crippen molar-refractivity contribution >= 4 is 17.7 Å². The van der Waals surface area contributed by atoms with E-state index < -0.39 is 12.0 Å². The fourth-order valence-corrected chi connectivity index (χ4v) is 1.16. The van der Waals surface area contributed by atoms with Crippen LogP contribution in [0.5, 0.6) is 0 Å². The van der Waals surface area contributed by atoms with Crippen LogP contribution in [0, 0.1) is 0 Å². The molecule has 0 spiro atoms. The van der Waals surface area contributed by atoms with Gasteiger partial charge < -0.3 is 10.3 Å². The number of carboxylic acid groups (broad SMARTS) is 1. The second-order valence-electron chi connectivity index (χ2n) is 2.21. The summed E-state index contributed by atoms with van der Waals surface area (Å²) in [5, 5.41) is 18.1. The van der Waals surface area contributed by atoms with E-state index >= 15 is 0 Å². The van der Waals surface area contributed by atoms with E-state index in [1.54, 1.807) is 11.8 Å². The summed E-state index contributed by atoms with van der Waals surface area (Å²) in [7, 11) is 1.35. The molecule has 0 aliphatic rings. The van der Waals surface area contributed by atoms with E-state index in [0.29, 0.717) is 6.42 Å². The van der Waals surface area contributed by atoms with E-state index in [1.807, 2.05) is 6.26 Å². The maximum Gasteiger partial charge on any atom is 0.323 e. The monoisotopic (exact) mass is 179 g/mol. The molecular weight excluding hydrogens is 166 g/mol. The Morgan fingerprint density at radius 3 is 2.55 bits per heavy atom. The molecule has 0 saturated heterocycles. The van der Waals surface area contributed by atoms with Gasteiger partial charge >= 0.3 is 5.97 Å². The van der Waals surface area contributed by atoms with Gasteiger partial charge in [0.25, 0.3) is 0 Å². The maximum atomic E-state index is 10.4. The first-order chi connectivity index (χ1) is 5.09. The van der Waals surface area contributed by atoms with Crippen LogP contribution in [0.3, 0.4) is 0 Å². The SMILES string of the molecule is CSCC[C@@H](C(=O)O)N(C)O. The number of hydrogen-bond donors (Lipinski definition) is 2. The van der Waals surface area contributed by atoms with Gasteiger partial charge in [0.05, 0.1) is 0 Å². The van der Waals surface area contributed by atoms with Crippen molar-refractivity contribution in [3.05, 3.63) is 0 Å². The Balaban J connectivity index is 3.80. The van der Waals surface area contributed by atoms with Gasteiger partial charge in [0, 0.05) is 7.05 Å². The van der Waals surface area contributed by atoms with Crippen LogP contribution >= 0.6 is 11.8 Å². The lowest BCUT2D eigenvalue weighted by atomic mass is 10.2. The summed E-state index contributed by atoms with van der Waals surface area (Å²) >= 11 is 1.56. The van der Waals surface area contributed by atoms with Crippen molar-refractivity contribution in [2.24, 2.45) is 0 Å². The lowest BCUT2D eigenvalue weighted by Gasteiger charge is -2.16. The molecule has 11 heavy (non-hydrogen) atoms. The molecule has 0 heterocycles. The van der Waals surface area contributed by atoms with Crippen LogP contribution in [0.2, 0.25) is 0 Å². The molecule has 0 radical (unpaired) electrons. The van der Waals surface area contributed by atoms with Crippen LogP contribution in [0.1, 0.15) is 6.42 Å². The van der Waals surface area contributed by atoms with E-state index in [4.69, 9.17) is 10.3 Å². The van der Waals surface area contributed by atoms with Crippen molar-refractivity contribution in [3.8, 4) is 0 Å². The lowest BCUT2D eigenvalue weighted by molar-refractivity contribution is -0.162. The molecule has 0 unspecified atom stereocenters. The Labute approximate surface area is 70.2 Å². The number of nitrogens with zero attached hydrogens (tertiary/aromatic N) is 1. The predicted octanol–water partition coefficient (Wildman–Crippen LogP) is 0.514. The third kappa shape index (κ3) is 4.23. The van der Waals surface area contributed by atoms with Crippen molar-refractivity contribution in [1.82, 2.24) is 5.06 Å². The molecule has 0 aromatic heterocycles. The molecule has 66 valence electrons. The third-order valence-electron chi connectivity index (χ3n) is 1.33. The third-order valence-corrected chi connectivity index (χ3v) is 1.98. The van der Waals surface area contributed by atoms with E-state index in [0.717, 1.165) is 10.8 Å². The van der Waals surface area contributed by atoms with Crippen LogP contribution in [0.25, 0.3) is 0 Å². The Hall–Kier alpha value is -0.260. The number of hydroxylamine groups is 2. The molecule has 1 atom stereocenters. The normalized spacial score (nSPS) is 13.5. The highest BCUT2D eigenvalue weighted by Crippen LogP contribution is 2.04. The highest BCUT2D eigenvalue weighted by atomic mass is 32.2. The van der Waals surface area contributed by atoms with Crippen molar-refractivity contribution in [2.75, 3.05) is 19.1 Å². The fraction of sp³-hybridized carbons (Fsp3) is 0.833. The number of carboxylic acids is 1. The molecule has 0 amide bonds. The molecule has 2 N–H and O–H groups in total. The van der Waals surface area contributed by atoms with Gasteiger partial charge in [0.15, 0.2) is 0 Å². The summed E-state index contributed by atoms with van der Waals surface area (Å²) in [5.74, 6) is -0.244. The van der Waals surface area contributed by atoms with Gasteiger partial charge in [-0.1, -0.05) is 0 Å². The Morgan fingerprint density at radius 1 is 1.73 bits per heavy atom. The number of likely N-dealkylation sites (N-methyl/N-ethyl adjacent to an activating group) is 1. The molecule has 0 aliphatic carbocycles. The first kappa shape index (κ1) is 10.7. The molecule has 0 bridgehead atoms. The van der Waals surface area contributed by atoms with Gasteiger partial charge in [0.1, 0.15) is 6.04 Å². The summed E-state index contributed by atoms with van der Waals surface area (Å²) in [6.07, 6.45) is 2.36. The number of hydrogen-bond acceptors (Lipinski definition) is 4. The van der Waals surface area contributed by atoms with Gasteiger partial charge in [-0.3, -0.25) is 4.79 Å². The van der Waals surface area contributed by atoms with Crippen LogP contribution in [0.4, 0.5) is 0 Å². The minimum atomic E-state index is -0.982. The Kier molecular flexibility index (Phi) is 5.27. The predicted molar refractivity (Wildman–Crippen MR) is 44.0 cm³/mol. The maximum absolute atomic E-state index is 10.4. The first-order valence-electron chi connectivity index (χ1n) is 3.23. The van der Waals surface area contributed by atoms with Gasteiger partial charge in [-0.15, -0.1) is 0 Å². The number of carbonyl (C=O) groups is 1. The topological polar surface area (TPSA) is 60.8 Å². The van der Waals surface area contributed by atoms with Crippen molar-refractivity contribution < 1.29 is 15.1 Å². The van der Waals surface area contributed by atoms with E-state index in [-0.39, 0.29) is 0 Å². The summed E-state index contributed by atoms with van der Waals surface area (Å²) in [6, 6.07) is -0.776. The number of rotatable bonds is 5. The average molecular weight is 179 g/mol. The van der Waals surface area contributed by atoms with E-state index in [2.05, 4.69) is 0 Å². The van der Waals surface area contributed by atoms with Gasteiger partial charge in [-0.2, -0.15) is 16.8 Å². The van der Waals surface area contributed by atoms with Gasteiger partial charge in [-0.05, 0) is 18.4 Å². The average Bonchev–Trinajstić information content (AvgIpc) is 1.87. The smallest absolute Gasteiger partial charge is 0.323 e. The second-order valence-corrected chi connectivity index (χ2v) is 3.19. The fourth-order valence-electron chi connectivity index (χ4n) is 0.700. The van der Waals surface area contributed by atoms with E-state index in [1.165, 1.54) is 7.05 Å². The Bertz CT molecular complexity index is 129.